The van der Waals surface area contributed by atoms with Gasteiger partial charge in [0.15, 0.2) is 5.96 Å². The van der Waals surface area contributed by atoms with Gasteiger partial charge in [-0.25, -0.2) is 4.79 Å². The highest BCUT2D eigenvalue weighted by atomic mass is 19.4. The highest BCUT2D eigenvalue weighted by Gasteiger charge is 2.38. The Morgan fingerprint density at radius 2 is 1.93 bits per heavy atom. The summed E-state index contributed by atoms with van der Waals surface area (Å²) in [6.07, 6.45) is -1.38. The van der Waals surface area contributed by atoms with Crippen molar-refractivity contribution in [2.75, 3.05) is 13.2 Å². The quantitative estimate of drug-likeness (QED) is 0.259. The molecule has 0 heterocycles. The van der Waals surface area contributed by atoms with E-state index in [1.54, 1.807) is 0 Å². The molecular weight excluding hydrogens is 395 g/mol. The number of aliphatic carboxylic acids is 2. The normalized spacial score (nSPS) is 15.3. The van der Waals surface area contributed by atoms with Crippen LogP contribution in [0, 0.1) is 11.3 Å². The fraction of sp³-hybridized carbons (Fsp3) is 0.500. The van der Waals surface area contributed by atoms with Crippen molar-refractivity contribution in [1.82, 2.24) is 5.32 Å². The van der Waals surface area contributed by atoms with Crippen molar-refractivity contribution < 1.29 is 37.7 Å². The van der Waals surface area contributed by atoms with E-state index in [1.807, 2.05) is 12.1 Å². The molecule has 0 saturated carbocycles. The van der Waals surface area contributed by atoms with Crippen LogP contribution in [0.1, 0.15) is 30.4 Å². The Kier molecular flexibility index (Phi) is 9.23. The van der Waals surface area contributed by atoms with Crippen molar-refractivity contribution in [3.63, 3.8) is 0 Å². The maximum Gasteiger partial charge on any atom is 0.490 e. The van der Waals surface area contributed by atoms with Crippen molar-refractivity contribution in [2.24, 2.45) is 11.7 Å². The summed E-state index contributed by atoms with van der Waals surface area (Å²) in [7, 11) is 0. The molecule has 1 unspecified atom stereocenters. The minimum absolute atomic E-state index is 0.0234. The summed E-state index contributed by atoms with van der Waals surface area (Å²) >= 11 is 0. The molecule has 1 aliphatic rings. The molecule has 162 valence electrons. The maximum atomic E-state index is 10.8. The van der Waals surface area contributed by atoms with E-state index < -0.39 is 18.1 Å². The van der Waals surface area contributed by atoms with Crippen LogP contribution in [0.2, 0.25) is 0 Å². The van der Waals surface area contributed by atoms with Crippen molar-refractivity contribution in [1.29, 1.82) is 5.41 Å². The van der Waals surface area contributed by atoms with Gasteiger partial charge >= 0.3 is 18.1 Å². The second-order valence-electron chi connectivity index (χ2n) is 6.48. The Morgan fingerprint density at radius 1 is 1.28 bits per heavy atom. The van der Waals surface area contributed by atoms with E-state index in [1.165, 1.54) is 11.1 Å². The molecule has 0 spiro atoms. The van der Waals surface area contributed by atoms with Gasteiger partial charge in [-0.1, -0.05) is 6.07 Å². The number of ether oxygens (including phenoxy) is 1. The van der Waals surface area contributed by atoms with Crippen LogP contribution in [0.15, 0.2) is 18.2 Å². The third-order valence-electron chi connectivity index (χ3n) is 4.12. The Labute approximate surface area is 165 Å². The van der Waals surface area contributed by atoms with Gasteiger partial charge in [-0.15, -0.1) is 0 Å². The lowest BCUT2D eigenvalue weighted by molar-refractivity contribution is -0.192. The topological polar surface area (TPSA) is 146 Å². The van der Waals surface area contributed by atoms with Gasteiger partial charge in [0.1, 0.15) is 5.75 Å². The molecule has 0 aliphatic heterocycles. The number of hydrogen-bond donors (Lipinski definition) is 5. The van der Waals surface area contributed by atoms with E-state index in [2.05, 4.69) is 11.4 Å². The number of aryl methyl sites for hydroxylation is 1. The Balaban J connectivity index is 0.000000516. The number of guanidine groups is 1. The molecule has 1 aromatic carbocycles. The Morgan fingerprint density at radius 3 is 2.48 bits per heavy atom. The number of benzene rings is 1. The molecule has 2 rings (SSSR count). The van der Waals surface area contributed by atoms with Crippen LogP contribution < -0.4 is 15.8 Å². The van der Waals surface area contributed by atoms with E-state index in [0.29, 0.717) is 13.2 Å². The number of hydrogen-bond acceptors (Lipinski definition) is 4. The summed E-state index contributed by atoms with van der Waals surface area (Å²) in [5.74, 6) is -2.41. The standard InChI is InChI=1S/C16H23N3O3.C2HF3O2/c17-16(18)19-6-1-7-22-14-5-4-12-8-11(9-15(20)21)2-3-13(12)10-14;3-2(4,5)1(6)7/h4-5,10-11H,1-3,6-9H2,(H,20,21)(H4,17,18,19);(H,6,7). The largest absolute Gasteiger partial charge is 0.494 e. The first kappa shape index (κ1) is 24.1. The fourth-order valence-corrected chi connectivity index (χ4v) is 2.80. The minimum atomic E-state index is -5.08. The van der Waals surface area contributed by atoms with Gasteiger partial charge in [-0.3, -0.25) is 10.2 Å². The van der Waals surface area contributed by atoms with Crippen LogP contribution in [-0.4, -0.2) is 47.4 Å². The monoisotopic (exact) mass is 419 g/mol. The molecule has 1 aromatic rings. The second-order valence-corrected chi connectivity index (χ2v) is 6.48. The van der Waals surface area contributed by atoms with Gasteiger partial charge in [-0.05, 0) is 54.9 Å². The zero-order valence-corrected chi connectivity index (χ0v) is 15.6. The molecule has 0 aromatic heterocycles. The lowest BCUT2D eigenvalue weighted by atomic mass is 9.82. The summed E-state index contributed by atoms with van der Waals surface area (Å²) in [6, 6.07) is 6.05. The smallest absolute Gasteiger partial charge is 0.490 e. The molecule has 0 fully saturated rings. The number of carbonyl (C=O) groups is 2. The summed E-state index contributed by atoms with van der Waals surface area (Å²) < 4.78 is 37.4. The average Bonchev–Trinajstić information content (AvgIpc) is 2.60. The lowest BCUT2D eigenvalue weighted by Gasteiger charge is -2.23. The van der Waals surface area contributed by atoms with Crippen molar-refractivity contribution in [3.05, 3.63) is 29.3 Å². The predicted octanol–water partition coefficient (Wildman–Crippen LogP) is 2.15. The first-order chi connectivity index (χ1) is 13.5. The summed E-state index contributed by atoms with van der Waals surface area (Å²) in [5.41, 5.74) is 7.70. The average molecular weight is 419 g/mol. The third-order valence-corrected chi connectivity index (χ3v) is 4.12. The number of rotatable bonds is 7. The zero-order chi connectivity index (χ0) is 22.0. The van der Waals surface area contributed by atoms with Gasteiger partial charge in [0.2, 0.25) is 0 Å². The van der Waals surface area contributed by atoms with E-state index in [-0.39, 0.29) is 18.3 Å². The summed E-state index contributed by atoms with van der Waals surface area (Å²) in [5, 5.41) is 25.8. The lowest BCUT2D eigenvalue weighted by Crippen LogP contribution is -2.31. The first-order valence-corrected chi connectivity index (χ1v) is 8.83. The molecule has 0 bridgehead atoms. The van der Waals surface area contributed by atoms with Crippen LogP contribution in [0.4, 0.5) is 13.2 Å². The molecule has 11 heteroatoms. The third kappa shape index (κ3) is 9.67. The number of carboxylic acid groups (broad SMARTS) is 2. The van der Waals surface area contributed by atoms with Crippen LogP contribution in [0.3, 0.4) is 0 Å². The van der Waals surface area contributed by atoms with E-state index >= 15 is 0 Å². The number of alkyl halides is 3. The predicted molar refractivity (Wildman–Crippen MR) is 97.9 cm³/mol. The van der Waals surface area contributed by atoms with Gasteiger partial charge in [0.25, 0.3) is 0 Å². The van der Waals surface area contributed by atoms with E-state index in [4.69, 9.17) is 30.9 Å². The highest BCUT2D eigenvalue weighted by Crippen LogP contribution is 2.30. The molecular formula is C18H24F3N3O5. The molecule has 29 heavy (non-hydrogen) atoms. The number of carboxylic acids is 2. The second kappa shape index (κ2) is 11.1. The van der Waals surface area contributed by atoms with E-state index in [0.717, 1.165) is 31.4 Å². The zero-order valence-electron chi connectivity index (χ0n) is 15.6. The summed E-state index contributed by atoms with van der Waals surface area (Å²) in [6.45, 7) is 1.19. The molecule has 1 aliphatic carbocycles. The molecule has 0 amide bonds. The molecule has 8 nitrogen and oxygen atoms in total. The fourth-order valence-electron chi connectivity index (χ4n) is 2.80. The highest BCUT2D eigenvalue weighted by molar-refractivity contribution is 5.74. The number of halogens is 3. The number of nitrogens with one attached hydrogen (secondary N) is 2. The van der Waals surface area contributed by atoms with Crippen LogP contribution in [-0.2, 0) is 22.4 Å². The van der Waals surface area contributed by atoms with Crippen LogP contribution >= 0.6 is 0 Å². The SMILES string of the molecule is N=C(N)NCCCOc1ccc2c(c1)CCC(CC(=O)O)C2.O=C(O)C(F)(F)F. The van der Waals surface area contributed by atoms with E-state index in [9.17, 15) is 18.0 Å². The van der Waals surface area contributed by atoms with Crippen molar-refractivity contribution >= 4 is 17.9 Å². The van der Waals surface area contributed by atoms with Gasteiger partial charge < -0.3 is 26.0 Å². The van der Waals surface area contributed by atoms with Crippen molar-refractivity contribution in [3.8, 4) is 5.75 Å². The van der Waals surface area contributed by atoms with Gasteiger partial charge in [0.05, 0.1) is 6.61 Å². The maximum absolute atomic E-state index is 10.8. The molecule has 1 atom stereocenters. The van der Waals surface area contributed by atoms with Crippen molar-refractivity contribution in [2.45, 2.75) is 38.3 Å². The Bertz CT molecular complexity index is 725. The minimum Gasteiger partial charge on any atom is -0.494 e. The summed E-state index contributed by atoms with van der Waals surface area (Å²) in [4.78, 5) is 19.7. The Hall–Kier alpha value is -2.98. The number of fused-ring (bicyclic) bond motifs is 1. The van der Waals surface area contributed by atoms with Gasteiger partial charge in [0, 0.05) is 13.0 Å². The van der Waals surface area contributed by atoms with Crippen LogP contribution in [0.5, 0.6) is 5.75 Å². The molecule has 0 radical (unpaired) electrons. The number of nitrogens with two attached hydrogens (primary N) is 1. The van der Waals surface area contributed by atoms with Gasteiger partial charge in [-0.2, -0.15) is 13.2 Å². The molecule has 6 N–H and O–H groups in total. The first-order valence-electron chi connectivity index (χ1n) is 8.83. The van der Waals surface area contributed by atoms with Crippen LogP contribution in [0.25, 0.3) is 0 Å². The molecule has 0 saturated heterocycles.